The topological polar surface area (TPSA) is 202 Å². The van der Waals surface area contributed by atoms with E-state index >= 15 is 0 Å². The number of benzene rings is 4. The van der Waals surface area contributed by atoms with Gasteiger partial charge in [0.1, 0.15) is 53.1 Å². The van der Waals surface area contributed by atoms with Crippen LogP contribution in [0.15, 0.2) is 158 Å². The van der Waals surface area contributed by atoms with Crippen molar-refractivity contribution < 1.29 is 19.1 Å². The van der Waals surface area contributed by atoms with E-state index in [1.165, 1.54) is 41.8 Å². The molecule has 8 heterocycles. The zero-order valence-corrected chi connectivity index (χ0v) is 47.1. The molecule has 21 heteroatoms. The Kier molecular flexibility index (Phi) is 19.4. The lowest BCUT2D eigenvalue weighted by Crippen LogP contribution is -2.47. The van der Waals surface area contributed by atoms with Crippen LogP contribution in [0, 0.1) is 0 Å². The summed E-state index contributed by atoms with van der Waals surface area (Å²) in [6.07, 6.45) is 3.50. The third-order valence-electron chi connectivity index (χ3n) is 13.2. The lowest BCUT2D eigenvalue weighted by atomic mass is 10.1. The average Bonchev–Trinajstić information content (AvgIpc) is 4.19. The summed E-state index contributed by atoms with van der Waals surface area (Å²) < 4.78 is 10.2. The van der Waals surface area contributed by atoms with Gasteiger partial charge in [-0.2, -0.15) is 0 Å². The van der Waals surface area contributed by atoms with Crippen molar-refractivity contribution in [3.8, 4) is 43.9 Å². The predicted octanol–water partition coefficient (Wildman–Crippen LogP) is 10.1. The number of ether oxygens (including phenoxy) is 2. The van der Waals surface area contributed by atoms with Gasteiger partial charge >= 0.3 is 0 Å². The zero-order chi connectivity index (χ0) is 55.8. The molecule has 10 aromatic rings. The van der Waals surface area contributed by atoms with E-state index in [1.54, 1.807) is 32.7 Å². The number of amides is 2. The molecule has 3 N–H and O–H groups in total. The van der Waals surface area contributed by atoms with Crippen LogP contribution in [-0.2, 0) is 9.47 Å². The molecule has 6 aromatic heterocycles. The largest absolute Gasteiger partial charge is 0.383 e. The van der Waals surface area contributed by atoms with Crippen LogP contribution >= 0.6 is 34.3 Å². The molecule has 0 unspecified atom stereocenters. The first-order valence-electron chi connectivity index (χ1n) is 26.5. The minimum Gasteiger partial charge on any atom is -0.383 e. The number of rotatable bonds is 15. The number of anilines is 3. The Balaban J connectivity index is 0.000000159. The van der Waals surface area contributed by atoms with Crippen LogP contribution in [-0.4, -0.2) is 154 Å². The van der Waals surface area contributed by atoms with Crippen LogP contribution in [0.2, 0.25) is 5.15 Å². The number of methoxy groups -OCH3 is 2. The molecule has 81 heavy (non-hydrogen) atoms. The number of hydrogen-bond donors (Lipinski definition) is 3. The normalized spacial score (nSPS) is 13.7. The summed E-state index contributed by atoms with van der Waals surface area (Å²) in [6.45, 7) is 11.6. The third kappa shape index (κ3) is 14.9. The van der Waals surface area contributed by atoms with Crippen LogP contribution in [0.5, 0.6) is 0 Å². The van der Waals surface area contributed by atoms with Gasteiger partial charge in [-0.25, -0.2) is 39.9 Å². The maximum absolute atomic E-state index is 13.7. The average molecular weight is 1140 g/mol. The Labute approximate surface area is 482 Å². The molecule has 0 aliphatic carbocycles. The van der Waals surface area contributed by atoms with Gasteiger partial charge in [0.15, 0.2) is 11.6 Å². The summed E-state index contributed by atoms with van der Waals surface area (Å²) in [5.41, 5.74) is 6.72. The Morgan fingerprint density at radius 3 is 1.52 bits per heavy atom. The highest BCUT2D eigenvalue weighted by Crippen LogP contribution is 2.36. The second-order valence-electron chi connectivity index (χ2n) is 18.7. The molecule has 0 spiro atoms. The van der Waals surface area contributed by atoms with Crippen molar-refractivity contribution in [3.63, 3.8) is 0 Å². The number of pyridine rings is 2. The number of halogens is 1. The number of thiazole rings is 2. The van der Waals surface area contributed by atoms with Gasteiger partial charge in [-0.3, -0.25) is 19.4 Å². The van der Waals surface area contributed by atoms with E-state index in [-0.39, 0.29) is 22.7 Å². The van der Waals surface area contributed by atoms with Crippen molar-refractivity contribution in [2.45, 2.75) is 0 Å². The highest BCUT2D eigenvalue weighted by molar-refractivity contribution is 7.21. The minimum atomic E-state index is -0.381. The van der Waals surface area contributed by atoms with Crippen molar-refractivity contribution in [1.82, 2.24) is 55.0 Å². The molecule has 2 amide bonds. The smallest absolute Gasteiger partial charge is 0.274 e. The van der Waals surface area contributed by atoms with E-state index in [2.05, 4.69) is 60.6 Å². The summed E-state index contributed by atoms with van der Waals surface area (Å²) in [7, 11) is 3.48. The van der Waals surface area contributed by atoms with Crippen LogP contribution in [0.3, 0.4) is 0 Å². The highest BCUT2D eigenvalue weighted by Gasteiger charge is 2.23. The monoisotopic (exact) mass is 1140 g/mol. The Morgan fingerprint density at radius 1 is 0.543 bits per heavy atom. The maximum Gasteiger partial charge on any atom is 0.274 e. The second-order valence-corrected chi connectivity index (χ2v) is 21.0. The summed E-state index contributed by atoms with van der Waals surface area (Å²) >= 11 is 9.14. The standard InChI is InChI=1S/C30H29N7O2S.C23H14ClN5OS.C7H16N2O/c1-39-19-18-36-14-16-37(17-15-36)26-20-25(32-27(35-26)21-8-3-2-4-9-21)28(38)33-23-11-6-5-10-22(23)29-34-24-12-7-13-31-30(24)40-29;24-19-13-18(26-20(29-19)14-7-2-1-3-8-14)21(30)27-16-10-5-4-9-15(16)22-28-17-11-6-12-25-23(17)31-22;1-10-7-6-9-4-2-8-3-5-9/h2-13,20H,14-19H2,1H3,(H,33,38);1-13H,(H,27,30);8H,2-7H2,1H3. The van der Waals surface area contributed by atoms with E-state index in [1.807, 2.05) is 133 Å². The third-order valence-corrected chi connectivity index (χ3v) is 15.4. The molecule has 2 aliphatic rings. The van der Waals surface area contributed by atoms with Crippen LogP contribution < -0.4 is 20.9 Å². The number of nitrogens with one attached hydrogen (secondary N) is 3. The van der Waals surface area contributed by atoms with Gasteiger partial charge in [-0.15, -0.1) is 0 Å². The minimum absolute atomic E-state index is 0.180. The SMILES string of the molecule is COCCN1CCN(c2cc(C(=O)Nc3ccccc3-c3nc4cccnc4s3)nc(-c3ccccc3)n2)CC1.COCCN1CCNCC1.O=C(Nc1ccccc1-c1nc2cccnc2s1)c1cc(Cl)nc(-c2ccccc2)n1. The lowest BCUT2D eigenvalue weighted by Gasteiger charge is -2.35. The number of carbonyl (C=O) groups is 2. The maximum atomic E-state index is 13.7. The molecule has 2 aliphatic heterocycles. The quantitative estimate of drug-likeness (QED) is 0.0818. The molecule has 2 saturated heterocycles. The van der Waals surface area contributed by atoms with Gasteiger partial charge in [-0.05, 0) is 48.5 Å². The molecule has 0 atom stereocenters. The van der Waals surface area contributed by atoms with E-state index in [9.17, 15) is 9.59 Å². The van der Waals surface area contributed by atoms with Crippen LogP contribution in [0.25, 0.3) is 64.6 Å². The van der Waals surface area contributed by atoms with Crippen molar-refractivity contribution in [1.29, 1.82) is 0 Å². The number of para-hydroxylation sites is 2. The van der Waals surface area contributed by atoms with Gasteiger partial charge in [0, 0.05) is 126 Å². The van der Waals surface area contributed by atoms with E-state index in [4.69, 9.17) is 31.0 Å². The molecule has 412 valence electrons. The first-order chi connectivity index (χ1) is 39.8. The highest BCUT2D eigenvalue weighted by atomic mass is 35.5. The molecular weight excluding hydrogens is 1080 g/mol. The first-order valence-corrected chi connectivity index (χ1v) is 28.5. The Bertz CT molecular complexity index is 3630. The molecule has 4 aromatic carbocycles. The van der Waals surface area contributed by atoms with Crippen molar-refractivity contribution >= 4 is 84.0 Å². The molecule has 0 bridgehead atoms. The van der Waals surface area contributed by atoms with Crippen molar-refractivity contribution in [2.24, 2.45) is 0 Å². The second kappa shape index (κ2) is 27.9. The van der Waals surface area contributed by atoms with Crippen molar-refractivity contribution in [3.05, 3.63) is 175 Å². The lowest BCUT2D eigenvalue weighted by molar-refractivity contribution is 0.101. The van der Waals surface area contributed by atoms with Gasteiger partial charge in [0.2, 0.25) is 0 Å². The summed E-state index contributed by atoms with van der Waals surface area (Å²) in [5, 5.41) is 11.1. The van der Waals surface area contributed by atoms with Gasteiger partial charge in [0.05, 0.1) is 24.6 Å². The molecule has 18 nitrogen and oxygen atoms in total. The number of fused-ring (bicyclic) bond motifs is 2. The predicted molar refractivity (Wildman–Crippen MR) is 323 cm³/mol. The zero-order valence-electron chi connectivity index (χ0n) is 44.7. The number of piperazine rings is 2. The fourth-order valence-corrected chi connectivity index (χ4v) is 11.0. The van der Waals surface area contributed by atoms with Gasteiger partial charge in [0.25, 0.3) is 11.8 Å². The van der Waals surface area contributed by atoms with Crippen LogP contribution in [0.1, 0.15) is 21.0 Å². The Hall–Kier alpha value is -8.05. The number of nitrogens with zero attached hydrogens (tertiary/aromatic N) is 11. The van der Waals surface area contributed by atoms with Crippen molar-refractivity contribution in [2.75, 3.05) is 108 Å². The number of hydrogen-bond acceptors (Lipinski definition) is 18. The first kappa shape index (κ1) is 56.2. The molecule has 12 rings (SSSR count). The molecule has 2 fully saturated rings. The summed E-state index contributed by atoms with van der Waals surface area (Å²) in [6, 6.07) is 45.1. The fourth-order valence-electron chi connectivity index (χ4n) is 8.96. The van der Waals surface area contributed by atoms with Crippen LogP contribution in [0.4, 0.5) is 17.2 Å². The van der Waals surface area contributed by atoms with E-state index < -0.39 is 0 Å². The Morgan fingerprint density at radius 2 is 1.01 bits per heavy atom. The van der Waals surface area contributed by atoms with E-state index in [0.717, 1.165) is 118 Å². The fraction of sp³-hybridized carbons (Fsp3) is 0.233. The molecule has 0 radical (unpaired) electrons. The van der Waals surface area contributed by atoms with Gasteiger partial charge < -0.3 is 30.3 Å². The van der Waals surface area contributed by atoms with Gasteiger partial charge in [-0.1, -0.05) is 119 Å². The molecule has 0 saturated carbocycles. The molecular formula is C60H59ClN14O4S2. The number of aromatic nitrogens is 8. The number of carbonyl (C=O) groups excluding carboxylic acids is 2. The van der Waals surface area contributed by atoms with E-state index in [0.29, 0.717) is 35.3 Å². The summed E-state index contributed by atoms with van der Waals surface area (Å²) in [4.78, 5) is 71.8. The summed E-state index contributed by atoms with van der Waals surface area (Å²) in [5.74, 6) is 0.981.